The van der Waals surface area contributed by atoms with Gasteiger partial charge in [0.25, 0.3) is 0 Å². The standard InChI is InChI=1S/C18H17.2ClH.Zr/c1-3-14-11-16-8-5-9-17(18(16)12-14)15-7-4-6-13(2)10-15;;;/h4-12H,3H2,1-2H3;2*1H;/q;;;+2/p-2. The summed E-state index contributed by atoms with van der Waals surface area (Å²) in [7, 11) is 12.9. The molecule has 0 fully saturated rings. The first-order valence-corrected chi connectivity index (χ1v) is 14.9. The summed E-state index contributed by atoms with van der Waals surface area (Å²) in [5.74, 6) is 0. The van der Waals surface area contributed by atoms with Crippen molar-refractivity contribution >= 4 is 23.1 Å². The van der Waals surface area contributed by atoms with Crippen molar-refractivity contribution in [1.82, 2.24) is 0 Å². The van der Waals surface area contributed by atoms with E-state index in [-0.39, 0.29) is 0 Å². The number of allylic oxidation sites excluding steroid dienone is 1. The van der Waals surface area contributed by atoms with Gasteiger partial charge in [-0.05, 0) is 0 Å². The molecule has 0 radical (unpaired) electrons. The Morgan fingerprint density at radius 1 is 1.10 bits per heavy atom. The van der Waals surface area contributed by atoms with Gasteiger partial charge in [-0.3, -0.25) is 0 Å². The summed E-state index contributed by atoms with van der Waals surface area (Å²) in [6, 6.07) is 15.2. The SMILES string of the molecule is CCC1=Cc2c(-c3cccc(C)c3)cccc2[CH]1[Zr]([Cl])[Cl]. The van der Waals surface area contributed by atoms with Crippen LogP contribution in [0.4, 0.5) is 0 Å². The summed E-state index contributed by atoms with van der Waals surface area (Å²) in [4.78, 5) is 0. The van der Waals surface area contributed by atoms with E-state index in [2.05, 4.69) is 62.4 Å². The Kier molecular flexibility index (Phi) is 4.74. The summed E-state index contributed by atoms with van der Waals surface area (Å²) < 4.78 is 0.320. The Morgan fingerprint density at radius 3 is 2.52 bits per heavy atom. The molecule has 0 saturated heterocycles. The van der Waals surface area contributed by atoms with E-state index in [9.17, 15) is 0 Å². The number of benzene rings is 2. The van der Waals surface area contributed by atoms with Gasteiger partial charge in [0.1, 0.15) is 0 Å². The van der Waals surface area contributed by atoms with Crippen molar-refractivity contribution in [2.24, 2.45) is 0 Å². The van der Waals surface area contributed by atoms with Crippen molar-refractivity contribution in [3.63, 3.8) is 0 Å². The van der Waals surface area contributed by atoms with Gasteiger partial charge in [0.15, 0.2) is 0 Å². The van der Waals surface area contributed by atoms with Crippen molar-refractivity contribution < 1.29 is 19.4 Å². The molecule has 0 aliphatic heterocycles. The van der Waals surface area contributed by atoms with Gasteiger partial charge in [0.2, 0.25) is 0 Å². The van der Waals surface area contributed by atoms with E-state index < -0.39 is 19.4 Å². The molecule has 0 nitrogen and oxygen atoms in total. The van der Waals surface area contributed by atoms with Crippen LogP contribution in [0.1, 0.15) is 33.7 Å². The molecule has 0 bridgehead atoms. The fraction of sp³-hybridized carbons (Fsp3) is 0.222. The van der Waals surface area contributed by atoms with E-state index in [1.165, 1.54) is 33.4 Å². The molecule has 0 heterocycles. The third-order valence-electron chi connectivity index (χ3n) is 4.11. The Labute approximate surface area is 141 Å². The Balaban J connectivity index is 2.17. The molecular weight excluding hydrogens is 378 g/mol. The van der Waals surface area contributed by atoms with E-state index in [0.717, 1.165) is 6.42 Å². The van der Waals surface area contributed by atoms with Crippen LogP contribution >= 0.6 is 17.0 Å². The molecule has 0 spiro atoms. The zero-order valence-electron chi connectivity index (χ0n) is 12.2. The third kappa shape index (κ3) is 2.94. The van der Waals surface area contributed by atoms with E-state index in [1.54, 1.807) is 0 Å². The van der Waals surface area contributed by atoms with Crippen LogP contribution in [0.3, 0.4) is 0 Å². The number of fused-ring (bicyclic) bond motifs is 1. The van der Waals surface area contributed by atoms with Crippen molar-refractivity contribution in [3.8, 4) is 11.1 Å². The van der Waals surface area contributed by atoms with Gasteiger partial charge in [0, 0.05) is 0 Å². The van der Waals surface area contributed by atoms with Gasteiger partial charge < -0.3 is 0 Å². The zero-order chi connectivity index (χ0) is 15.0. The number of aryl methyl sites for hydroxylation is 1. The van der Waals surface area contributed by atoms with E-state index in [4.69, 9.17) is 17.0 Å². The first-order valence-electron chi connectivity index (χ1n) is 7.20. The van der Waals surface area contributed by atoms with Crippen molar-refractivity contribution in [1.29, 1.82) is 0 Å². The average molecular weight is 395 g/mol. The van der Waals surface area contributed by atoms with Gasteiger partial charge in [-0.1, -0.05) is 0 Å². The van der Waals surface area contributed by atoms with Crippen molar-refractivity contribution in [3.05, 3.63) is 64.7 Å². The maximum absolute atomic E-state index is 6.43. The second-order valence-electron chi connectivity index (χ2n) is 5.47. The molecule has 3 heteroatoms. The number of hydrogen-bond donors (Lipinski definition) is 0. The Hall–Kier alpha value is -0.357. The molecule has 1 unspecified atom stereocenters. The van der Waals surface area contributed by atoms with Crippen LogP contribution in [-0.4, -0.2) is 0 Å². The molecular formula is C18H17Cl2Zr. The first kappa shape index (κ1) is 15.5. The predicted molar refractivity (Wildman–Crippen MR) is 89.3 cm³/mol. The van der Waals surface area contributed by atoms with Crippen molar-refractivity contribution in [2.75, 3.05) is 0 Å². The molecule has 2 aromatic carbocycles. The summed E-state index contributed by atoms with van der Waals surface area (Å²) in [5.41, 5.74) is 7.92. The van der Waals surface area contributed by atoms with Crippen LogP contribution in [0.25, 0.3) is 17.2 Å². The summed E-state index contributed by atoms with van der Waals surface area (Å²) in [6.45, 7) is 4.32. The second kappa shape index (κ2) is 6.41. The molecule has 0 amide bonds. The summed E-state index contributed by atoms with van der Waals surface area (Å²) in [6.07, 6.45) is 3.35. The molecule has 1 atom stereocenters. The van der Waals surface area contributed by atoms with Crippen LogP contribution in [0, 0.1) is 6.92 Å². The van der Waals surface area contributed by atoms with E-state index in [1.807, 2.05) is 0 Å². The monoisotopic (exact) mass is 393 g/mol. The molecule has 0 aromatic heterocycles. The average Bonchev–Trinajstić information content (AvgIpc) is 2.85. The van der Waals surface area contributed by atoms with Crippen LogP contribution in [0.5, 0.6) is 0 Å². The van der Waals surface area contributed by atoms with Gasteiger partial charge in [-0.25, -0.2) is 0 Å². The predicted octanol–water partition coefficient (Wildman–Crippen LogP) is 6.44. The zero-order valence-corrected chi connectivity index (χ0v) is 16.1. The Bertz CT molecular complexity index is 704. The van der Waals surface area contributed by atoms with Crippen molar-refractivity contribution in [2.45, 2.75) is 23.9 Å². The molecule has 107 valence electrons. The summed E-state index contributed by atoms with van der Waals surface area (Å²) in [5, 5.41) is 0. The molecule has 0 N–H and O–H groups in total. The number of rotatable bonds is 3. The van der Waals surface area contributed by atoms with Gasteiger partial charge >= 0.3 is 142 Å². The first-order chi connectivity index (χ1) is 10.1. The molecule has 3 rings (SSSR count). The molecule has 1 aliphatic rings. The fourth-order valence-corrected chi connectivity index (χ4v) is 8.73. The van der Waals surface area contributed by atoms with Gasteiger partial charge in [-0.2, -0.15) is 0 Å². The summed E-state index contributed by atoms with van der Waals surface area (Å²) >= 11 is -2.36. The van der Waals surface area contributed by atoms with Crippen LogP contribution in [0.15, 0.2) is 48.0 Å². The quantitative estimate of drug-likeness (QED) is 0.561. The fourth-order valence-electron chi connectivity index (χ4n) is 3.09. The number of hydrogen-bond acceptors (Lipinski definition) is 0. The molecule has 21 heavy (non-hydrogen) atoms. The number of halogens is 2. The topological polar surface area (TPSA) is 0 Å². The molecule has 1 aliphatic carbocycles. The van der Waals surface area contributed by atoms with Crippen LogP contribution in [0.2, 0.25) is 0 Å². The van der Waals surface area contributed by atoms with Gasteiger partial charge in [0.05, 0.1) is 0 Å². The van der Waals surface area contributed by atoms with E-state index in [0.29, 0.717) is 3.63 Å². The van der Waals surface area contributed by atoms with Gasteiger partial charge in [-0.15, -0.1) is 0 Å². The molecule has 2 aromatic rings. The van der Waals surface area contributed by atoms with Crippen LogP contribution in [-0.2, 0) is 19.4 Å². The minimum atomic E-state index is -2.36. The Morgan fingerprint density at radius 2 is 1.86 bits per heavy atom. The third-order valence-corrected chi connectivity index (χ3v) is 9.44. The second-order valence-corrected chi connectivity index (χ2v) is 14.3. The normalized spacial score (nSPS) is 16.6. The minimum absolute atomic E-state index is 0.320. The van der Waals surface area contributed by atoms with Crippen LogP contribution < -0.4 is 0 Å². The van der Waals surface area contributed by atoms with E-state index >= 15 is 0 Å². The maximum atomic E-state index is 6.43. The molecule has 0 saturated carbocycles.